The molecular formula is C23H33ClN2O4S. The van der Waals surface area contributed by atoms with Gasteiger partial charge in [0.1, 0.15) is 5.75 Å². The highest BCUT2D eigenvalue weighted by molar-refractivity contribution is 7.89. The fourth-order valence-corrected chi connectivity index (χ4v) is 6.22. The van der Waals surface area contributed by atoms with Crippen LogP contribution in [-0.2, 0) is 23.0 Å². The van der Waals surface area contributed by atoms with Gasteiger partial charge < -0.3 is 10.2 Å². The quantitative estimate of drug-likeness (QED) is 0.648. The maximum Gasteiger partial charge on any atom is 0.243 e. The van der Waals surface area contributed by atoms with E-state index in [0.29, 0.717) is 11.4 Å². The molecule has 4 rings (SSSR count). The van der Waals surface area contributed by atoms with Gasteiger partial charge >= 0.3 is 0 Å². The highest BCUT2D eigenvalue weighted by Crippen LogP contribution is 2.43. The molecule has 1 heterocycles. The number of fused-ring (bicyclic) bond motifs is 1. The molecule has 0 spiro atoms. The van der Waals surface area contributed by atoms with E-state index in [1.54, 1.807) is 20.2 Å². The van der Waals surface area contributed by atoms with Gasteiger partial charge in [0, 0.05) is 25.2 Å². The summed E-state index contributed by atoms with van der Waals surface area (Å²) in [5, 5.41) is 0. The normalized spacial score (nSPS) is 18.7. The summed E-state index contributed by atoms with van der Waals surface area (Å²) in [7, 11) is -0.270. The lowest BCUT2D eigenvalue weighted by Crippen LogP contribution is -2.33. The molecule has 1 aliphatic heterocycles. The number of benzene rings is 2. The molecule has 0 saturated carbocycles. The SMILES string of the molecule is COc1ccc(S(=O)(=O)N(C)Cc2ccccc2)c2c1CCCC2N1CCCC1.Cl.O. The molecule has 1 atom stereocenters. The predicted octanol–water partition coefficient (Wildman–Crippen LogP) is 3.59. The Balaban J connectivity index is 0.00000171. The Kier molecular flexibility index (Phi) is 8.92. The third-order valence-electron chi connectivity index (χ3n) is 6.25. The largest absolute Gasteiger partial charge is 0.496 e. The minimum absolute atomic E-state index is 0. The fraction of sp³-hybridized carbons (Fsp3) is 0.478. The van der Waals surface area contributed by atoms with E-state index in [-0.39, 0.29) is 23.9 Å². The third-order valence-corrected chi connectivity index (χ3v) is 8.11. The highest BCUT2D eigenvalue weighted by atomic mass is 35.5. The summed E-state index contributed by atoms with van der Waals surface area (Å²) in [6, 6.07) is 13.5. The summed E-state index contributed by atoms with van der Waals surface area (Å²) in [5.74, 6) is 0.813. The summed E-state index contributed by atoms with van der Waals surface area (Å²) < 4.78 is 34.4. The van der Waals surface area contributed by atoms with Crippen molar-refractivity contribution in [2.75, 3.05) is 27.2 Å². The van der Waals surface area contributed by atoms with E-state index in [1.807, 2.05) is 36.4 Å². The zero-order valence-corrected chi connectivity index (χ0v) is 19.8. The monoisotopic (exact) mass is 468 g/mol. The lowest BCUT2D eigenvalue weighted by atomic mass is 9.86. The van der Waals surface area contributed by atoms with Crippen molar-refractivity contribution in [1.29, 1.82) is 0 Å². The summed E-state index contributed by atoms with van der Waals surface area (Å²) in [4.78, 5) is 2.91. The Morgan fingerprint density at radius 2 is 1.74 bits per heavy atom. The molecule has 6 nitrogen and oxygen atoms in total. The molecule has 1 aliphatic carbocycles. The second-order valence-electron chi connectivity index (χ2n) is 8.06. The first-order valence-corrected chi connectivity index (χ1v) is 11.9. The molecule has 0 amide bonds. The first kappa shape index (κ1) is 25.6. The van der Waals surface area contributed by atoms with Crippen molar-refractivity contribution in [3.05, 3.63) is 59.2 Å². The van der Waals surface area contributed by atoms with Gasteiger partial charge in [-0.3, -0.25) is 4.90 Å². The molecule has 172 valence electrons. The Hall–Kier alpha value is -1.64. The summed E-state index contributed by atoms with van der Waals surface area (Å²) >= 11 is 0. The molecule has 0 radical (unpaired) electrons. The Labute approximate surface area is 192 Å². The van der Waals surface area contributed by atoms with E-state index in [1.165, 1.54) is 17.1 Å². The molecule has 8 heteroatoms. The van der Waals surface area contributed by atoms with Crippen LogP contribution in [-0.4, -0.2) is 50.3 Å². The molecule has 2 aromatic carbocycles. The molecule has 1 saturated heterocycles. The lowest BCUT2D eigenvalue weighted by molar-refractivity contribution is 0.216. The zero-order valence-electron chi connectivity index (χ0n) is 18.2. The van der Waals surface area contributed by atoms with E-state index in [0.717, 1.165) is 54.8 Å². The molecule has 0 aromatic heterocycles. The van der Waals surface area contributed by atoms with Crippen LogP contribution in [0.3, 0.4) is 0 Å². The van der Waals surface area contributed by atoms with Gasteiger partial charge in [-0.25, -0.2) is 8.42 Å². The van der Waals surface area contributed by atoms with Crippen LogP contribution in [0.4, 0.5) is 0 Å². The fourth-order valence-electron chi connectivity index (χ4n) is 4.79. The Morgan fingerprint density at radius 1 is 1.06 bits per heavy atom. The van der Waals surface area contributed by atoms with E-state index in [4.69, 9.17) is 4.74 Å². The summed E-state index contributed by atoms with van der Waals surface area (Å²) in [6.07, 6.45) is 5.31. The van der Waals surface area contributed by atoms with Crippen molar-refractivity contribution >= 4 is 22.4 Å². The molecule has 0 bridgehead atoms. The van der Waals surface area contributed by atoms with Crippen molar-refractivity contribution in [2.24, 2.45) is 0 Å². The van der Waals surface area contributed by atoms with Crippen LogP contribution in [0, 0.1) is 0 Å². The molecule has 2 N–H and O–H groups in total. The van der Waals surface area contributed by atoms with E-state index in [9.17, 15) is 8.42 Å². The van der Waals surface area contributed by atoms with Crippen LogP contribution in [0.25, 0.3) is 0 Å². The van der Waals surface area contributed by atoms with Crippen LogP contribution < -0.4 is 4.74 Å². The number of methoxy groups -OCH3 is 1. The number of hydrogen-bond acceptors (Lipinski definition) is 4. The minimum Gasteiger partial charge on any atom is -0.496 e. The van der Waals surface area contributed by atoms with Gasteiger partial charge in [-0.1, -0.05) is 30.3 Å². The number of sulfonamides is 1. The number of halogens is 1. The van der Waals surface area contributed by atoms with Crippen molar-refractivity contribution in [2.45, 2.75) is 49.6 Å². The second-order valence-corrected chi connectivity index (χ2v) is 10.1. The average molecular weight is 469 g/mol. The highest BCUT2D eigenvalue weighted by Gasteiger charge is 2.36. The van der Waals surface area contributed by atoms with Crippen molar-refractivity contribution < 1.29 is 18.6 Å². The molecular weight excluding hydrogens is 436 g/mol. The van der Waals surface area contributed by atoms with Crippen LogP contribution in [0.5, 0.6) is 5.75 Å². The number of rotatable bonds is 6. The maximum absolute atomic E-state index is 13.6. The number of ether oxygens (including phenoxy) is 1. The standard InChI is InChI=1S/C23H30N2O3S.ClH.H2O/c1-24(17-18-9-4-3-5-10-18)29(26,27)22-14-13-21(28-2)19-11-8-12-20(23(19)22)25-15-6-7-16-25;;/h3-5,9-10,13-14,20H,6-8,11-12,15-17H2,1-2H3;1H;1H2. The maximum atomic E-state index is 13.6. The molecule has 1 fully saturated rings. The second kappa shape index (κ2) is 10.8. The number of hydrogen-bond donors (Lipinski definition) is 0. The van der Waals surface area contributed by atoms with Gasteiger partial charge in [-0.15, -0.1) is 12.4 Å². The van der Waals surface area contributed by atoms with Gasteiger partial charge in [-0.2, -0.15) is 4.31 Å². The molecule has 1 unspecified atom stereocenters. The summed E-state index contributed by atoms with van der Waals surface area (Å²) in [6.45, 7) is 2.44. The van der Waals surface area contributed by atoms with E-state index >= 15 is 0 Å². The van der Waals surface area contributed by atoms with Gasteiger partial charge in [0.2, 0.25) is 10.0 Å². The minimum atomic E-state index is -3.61. The van der Waals surface area contributed by atoms with Crippen molar-refractivity contribution in [3.63, 3.8) is 0 Å². The van der Waals surface area contributed by atoms with Crippen LogP contribution in [0.1, 0.15) is 48.4 Å². The first-order valence-electron chi connectivity index (χ1n) is 10.5. The molecule has 31 heavy (non-hydrogen) atoms. The van der Waals surface area contributed by atoms with Gasteiger partial charge in [0.05, 0.1) is 12.0 Å². The smallest absolute Gasteiger partial charge is 0.243 e. The predicted molar refractivity (Wildman–Crippen MR) is 125 cm³/mol. The Morgan fingerprint density at radius 3 is 2.39 bits per heavy atom. The van der Waals surface area contributed by atoms with Crippen molar-refractivity contribution in [1.82, 2.24) is 9.21 Å². The van der Waals surface area contributed by atoms with E-state index in [2.05, 4.69) is 4.90 Å². The van der Waals surface area contributed by atoms with Gasteiger partial charge in [-0.05, 0) is 68.5 Å². The summed E-state index contributed by atoms with van der Waals surface area (Å²) in [5.41, 5.74) is 3.03. The van der Waals surface area contributed by atoms with E-state index < -0.39 is 10.0 Å². The number of nitrogens with zero attached hydrogens (tertiary/aromatic N) is 2. The first-order chi connectivity index (χ1) is 14.0. The average Bonchev–Trinajstić information content (AvgIpc) is 3.27. The third kappa shape index (κ3) is 5.07. The molecule has 2 aromatic rings. The lowest BCUT2D eigenvalue weighted by Gasteiger charge is -2.35. The molecule has 2 aliphatic rings. The van der Waals surface area contributed by atoms with Crippen molar-refractivity contribution in [3.8, 4) is 5.75 Å². The Bertz CT molecular complexity index is 963. The van der Waals surface area contributed by atoms with Crippen LogP contribution in [0.2, 0.25) is 0 Å². The number of likely N-dealkylation sites (tertiary alicyclic amines) is 1. The van der Waals surface area contributed by atoms with Crippen LogP contribution >= 0.6 is 12.4 Å². The topological polar surface area (TPSA) is 81.4 Å². The van der Waals surface area contributed by atoms with Crippen LogP contribution in [0.15, 0.2) is 47.4 Å². The van der Waals surface area contributed by atoms with Gasteiger partial charge in [0.25, 0.3) is 0 Å². The zero-order chi connectivity index (χ0) is 20.4. The van der Waals surface area contributed by atoms with Gasteiger partial charge in [0.15, 0.2) is 0 Å².